The highest BCUT2D eigenvalue weighted by Gasteiger charge is 2.26. The minimum absolute atomic E-state index is 0.0715. The molecule has 0 aromatic heterocycles. The van der Waals surface area contributed by atoms with Gasteiger partial charge in [0, 0.05) is 28.9 Å². The van der Waals surface area contributed by atoms with E-state index in [1.165, 1.54) is 16.4 Å². The molecule has 2 aromatic carbocycles. The number of morpholine rings is 1. The van der Waals surface area contributed by atoms with Crippen LogP contribution in [0.4, 0.5) is 11.4 Å². The highest BCUT2D eigenvalue weighted by atomic mass is 79.9. The van der Waals surface area contributed by atoms with Crippen LogP contribution in [0.1, 0.15) is 0 Å². The zero-order valence-corrected chi connectivity index (χ0v) is 16.9. The lowest BCUT2D eigenvalue weighted by Gasteiger charge is -2.26. The molecule has 0 aliphatic carbocycles. The van der Waals surface area contributed by atoms with Crippen LogP contribution < -0.4 is 10.6 Å². The minimum Gasteiger partial charge on any atom is -0.379 e. The molecule has 0 saturated carbocycles. The van der Waals surface area contributed by atoms with Gasteiger partial charge in [0.05, 0.1) is 24.7 Å². The summed E-state index contributed by atoms with van der Waals surface area (Å²) in [5, 5.41) is 5.74. The lowest BCUT2D eigenvalue weighted by molar-refractivity contribution is -0.114. The van der Waals surface area contributed by atoms with Crippen molar-refractivity contribution in [3.63, 3.8) is 0 Å². The van der Waals surface area contributed by atoms with Crippen LogP contribution in [0.5, 0.6) is 0 Å². The van der Waals surface area contributed by atoms with Crippen LogP contribution in [-0.2, 0) is 19.6 Å². The number of hydrogen-bond acceptors (Lipinski definition) is 5. The second-order valence-corrected chi connectivity index (χ2v) is 8.81. The lowest BCUT2D eigenvalue weighted by Crippen LogP contribution is -2.40. The summed E-state index contributed by atoms with van der Waals surface area (Å²) >= 11 is 3.35. The maximum atomic E-state index is 12.7. The fourth-order valence-corrected chi connectivity index (χ4v) is 4.34. The van der Waals surface area contributed by atoms with E-state index < -0.39 is 10.0 Å². The second kappa shape index (κ2) is 8.83. The topological polar surface area (TPSA) is 87.7 Å². The van der Waals surface area contributed by atoms with E-state index in [0.717, 1.165) is 10.2 Å². The SMILES string of the molecule is O=C(CNc1ccc(Br)cc1)Nc1cccc(S(=O)(=O)N2CCOCC2)c1. The zero-order chi connectivity index (χ0) is 19.3. The first-order valence-corrected chi connectivity index (χ1v) is 10.7. The number of sulfonamides is 1. The molecule has 0 spiro atoms. The molecular formula is C18H20BrN3O4S. The highest BCUT2D eigenvalue weighted by molar-refractivity contribution is 9.10. The average molecular weight is 454 g/mol. The Morgan fingerprint density at radius 1 is 1.07 bits per heavy atom. The van der Waals surface area contributed by atoms with Crippen LogP contribution in [0, 0.1) is 0 Å². The normalized spacial score (nSPS) is 15.3. The van der Waals surface area contributed by atoms with Gasteiger partial charge in [0.2, 0.25) is 15.9 Å². The molecule has 9 heteroatoms. The van der Waals surface area contributed by atoms with E-state index in [1.54, 1.807) is 12.1 Å². The summed E-state index contributed by atoms with van der Waals surface area (Å²) in [5.74, 6) is -0.265. The molecule has 144 valence electrons. The quantitative estimate of drug-likeness (QED) is 0.701. The molecule has 0 bridgehead atoms. The lowest BCUT2D eigenvalue weighted by atomic mass is 10.3. The maximum Gasteiger partial charge on any atom is 0.243 e. The van der Waals surface area contributed by atoms with E-state index in [0.29, 0.717) is 32.0 Å². The van der Waals surface area contributed by atoms with E-state index in [9.17, 15) is 13.2 Å². The van der Waals surface area contributed by atoms with Crippen LogP contribution in [0.15, 0.2) is 57.9 Å². The minimum atomic E-state index is -3.60. The first-order chi connectivity index (χ1) is 12.9. The predicted molar refractivity (Wildman–Crippen MR) is 107 cm³/mol. The van der Waals surface area contributed by atoms with Crippen LogP contribution in [0.3, 0.4) is 0 Å². The monoisotopic (exact) mass is 453 g/mol. The number of anilines is 2. The van der Waals surface area contributed by atoms with Gasteiger partial charge in [-0.15, -0.1) is 0 Å². The molecule has 1 fully saturated rings. The third kappa shape index (κ3) is 5.29. The molecular weight excluding hydrogens is 434 g/mol. The number of carbonyl (C=O) groups is 1. The Balaban J connectivity index is 1.63. The number of nitrogens with zero attached hydrogens (tertiary/aromatic N) is 1. The van der Waals surface area contributed by atoms with Gasteiger partial charge in [-0.3, -0.25) is 4.79 Å². The van der Waals surface area contributed by atoms with Crippen molar-refractivity contribution in [3.8, 4) is 0 Å². The number of carbonyl (C=O) groups excluding carboxylic acids is 1. The van der Waals surface area contributed by atoms with Crippen LogP contribution >= 0.6 is 15.9 Å². The van der Waals surface area contributed by atoms with E-state index in [1.807, 2.05) is 24.3 Å². The second-order valence-electron chi connectivity index (χ2n) is 5.95. The maximum absolute atomic E-state index is 12.7. The van der Waals surface area contributed by atoms with Crippen molar-refractivity contribution in [2.45, 2.75) is 4.90 Å². The number of hydrogen-bond donors (Lipinski definition) is 2. The van der Waals surface area contributed by atoms with E-state index in [4.69, 9.17) is 4.74 Å². The molecule has 0 radical (unpaired) electrons. The van der Waals surface area contributed by atoms with Gasteiger partial charge in [0.15, 0.2) is 0 Å². The molecule has 27 heavy (non-hydrogen) atoms. The van der Waals surface area contributed by atoms with Crippen molar-refractivity contribution in [1.29, 1.82) is 0 Å². The number of ether oxygens (including phenoxy) is 1. The first-order valence-electron chi connectivity index (χ1n) is 8.42. The van der Waals surface area contributed by atoms with Crippen molar-refractivity contribution >= 4 is 43.2 Å². The Kier molecular flexibility index (Phi) is 6.48. The largest absolute Gasteiger partial charge is 0.379 e. The smallest absolute Gasteiger partial charge is 0.243 e. The summed E-state index contributed by atoms with van der Waals surface area (Å²) in [7, 11) is -3.60. The molecule has 3 rings (SSSR count). The van der Waals surface area contributed by atoms with Crippen molar-refractivity contribution in [1.82, 2.24) is 4.31 Å². The van der Waals surface area contributed by atoms with Gasteiger partial charge < -0.3 is 15.4 Å². The van der Waals surface area contributed by atoms with Gasteiger partial charge in [-0.25, -0.2) is 8.42 Å². The van der Waals surface area contributed by atoms with Crippen LogP contribution in [-0.4, -0.2) is 51.5 Å². The number of rotatable bonds is 6. The van der Waals surface area contributed by atoms with Gasteiger partial charge in [-0.2, -0.15) is 4.31 Å². The number of nitrogens with one attached hydrogen (secondary N) is 2. The van der Waals surface area contributed by atoms with Gasteiger partial charge >= 0.3 is 0 Å². The molecule has 1 aliphatic heterocycles. The highest BCUT2D eigenvalue weighted by Crippen LogP contribution is 2.20. The molecule has 1 amide bonds. The summed E-state index contributed by atoms with van der Waals surface area (Å²) in [5.41, 5.74) is 1.25. The first kappa shape index (κ1) is 19.8. The number of benzene rings is 2. The van der Waals surface area contributed by atoms with Crippen molar-refractivity contribution < 1.29 is 17.9 Å². The van der Waals surface area contributed by atoms with Crippen molar-refractivity contribution in [2.24, 2.45) is 0 Å². The van der Waals surface area contributed by atoms with Crippen LogP contribution in [0.2, 0.25) is 0 Å². The molecule has 1 saturated heterocycles. The molecule has 0 atom stereocenters. The Labute approximate surface area is 166 Å². The Morgan fingerprint density at radius 2 is 1.78 bits per heavy atom. The fraction of sp³-hybridized carbons (Fsp3) is 0.278. The van der Waals surface area contributed by atoms with Gasteiger partial charge in [-0.1, -0.05) is 22.0 Å². The van der Waals surface area contributed by atoms with Crippen molar-refractivity contribution in [2.75, 3.05) is 43.5 Å². The Morgan fingerprint density at radius 3 is 2.48 bits per heavy atom. The van der Waals surface area contributed by atoms with E-state index in [-0.39, 0.29) is 17.3 Å². The predicted octanol–water partition coefficient (Wildman–Crippen LogP) is 2.52. The molecule has 1 aliphatic rings. The summed E-state index contributed by atoms with van der Waals surface area (Å²) < 4.78 is 33.0. The summed E-state index contributed by atoms with van der Waals surface area (Å²) in [6, 6.07) is 13.7. The van der Waals surface area contributed by atoms with Crippen molar-refractivity contribution in [3.05, 3.63) is 53.0 Å². The molecule has 2 N–H and O–H groups in total. The molecule has 1 heterocycles. The summed E-state index contributed by atoms with van der Waals surface area (Å²) in [6.45, 7) is 1.50. The zero-order valence-electron chi connectivity index (χ0n) is 14.5. The van der Waals surface area contributed by atoms with Crippen LogP contribution in [0.25, 0.3) is 0 Å². The van der Waals surface area contributed by atoms with Gasteiger partial charge in [-0.05, 0) is 42.5 Å². The number of halogens is 1. The molecule has 0 unspecified atom stereocenters. The summed E-state index contributed by atoms with van der Waals surface area (Å²) in [6.07, 6.45) is 0. The summed E-state index contributed by atoms with van der Waals surface area (Å²) in [4.78, 5) is 12.3. The third-order valence-electron chi connectivity index (χ3n) is 4.02. The van der Waals surface area contributed by atoms with Gasteiger partial charge in [0.25, 0.3) is 0 Å². The molecule has 2 aromatic rings. The standard InChI is InChI=1S/C18H20BrN3O4S/c19-14-4-6-15(7-5-14)20-13-18(23)21-16-2-1-3-17(12-16)27(24,25)22-8-10-26-11-9-22/h1-7,12,20H,8-11,13H2,(H,21,23). The number of amides is 1. The Hall–Kier alpha value is -1.94. The average Bonchev–Trinajstić information content (AvgIpc) is 2.68. The van der Waals surface area contributed by atoms with E-state index in [2.05, 4.69) is 26.6 Å². The molecule has 7 nitrogen and oxygen atoms in total. The Bertz CT molecular complexity index is 897. The third-order valence-corrected chi connectivity index (χ3v) is 6.45. The van der Waals surface area contributed by atoms with Gasteiger partial charge in [0.1, 0.15) is 0 Å². The fourth-order valence-electron chi connectivity index (χ4n) is 2.63. The van der Waals surface area contributed by atoms with E-state index >= 15 is 0 Å².